The van der Waals surface area contributed by atoms with E-state index in [1.54, 1.807) is 0 Å². The van der Waals surface area contributed by atoms with E-state index in [-0.39, 0.29) is 0 Å². The standard InChI is InChI=1S/C20H27BrO2/c1-3-4-13-23-20-11-8-17-15-18(9-10-19(17)16(20)2)22-14-7-5-6-12-21/h8-11,15H,3-7,12-14H2,1-2H3. The summed E-state index contributed by atoms with van der Waals surface area (Å²) in [6.07, 6.45) is 5.77. The van der Waals surface area contributed by atoms with Gasteiger partial charge in [-0.3, -0.25) is 0 Å². The van der Waals surface area contributed by atoms with Gasteiger partial charge in [0.2, 0.25) is 0 Å². The van der Waals surface area contributed by atoms with E-state index in [9.17, 15) is 0 Å². The highest BCUT2D eigenvalue weighted by Crippen LogP contribution is 2.30. The van der Waals surface area contributed by atoms with Crippen molar-refractivity contribution in [1.82, 2.24) is 0 Å². The summed E-state index contributed by atoms with van der Waals surface area (Å²) in [5, 5.41) is 3.53. The molecule has 0 heterocycles. The molecule has 0 aromatic heterocycles. The molecule has 0 fully saturated rings. The maximum absolute atomic E-state index is 5.88. The quantitative estimate of drug-likeness (QED) is 0.358. The van der Waals surface area contributed by atoms with Crippen molar-refractivity contribution in [3.63, 3.8) is 0 Å². The molecule has 3 heteroatoms. The molecule has 0 saturated carbocycles. The van der Waals surface area contributed by atoms with Crippen LogP contribution >= 0.6 is 15.9 Å². The Balaban J connectivity index is 2.01. The van der Waals surface area contributed by atoms with Gasteiger partial charge < -0.3 is 9.47 Å². The summed E-state index contributed by atoms with van der Waals surface area (Å²) in [6, 6.07) is 10.5. The van der Waals surface area contributed by atoms with Gasteiger partial charge in [-0.05, 0) is 67.1 Å². The van der Waals surface area contributed by atoms with Crippen LogP contribution in [0.2, 0.25) is 0 Å². The second kappa shape index (κ2) is 9.82. The molecule has 2 aromatic rings. The zero-order valence-corrected chi connectivity index (χ0v) is 15.8. The number of halogens is 1. The number of hydrogen-bond acceptors (Lipinski definition) is 2. The fourth-order valence-electron chi connectivity index (χ4n) is 2.58. The summed E-state index contributed by atoms with van der Waals surface area (Å²) >= 11 is 3.45. The van der Waals surface area contributed by atoms with Crippen molar-refractivity contribution in [3.05, 3.63) is 35.9 Å². The molecule has 126 valence electrons. The summed E-state index contributed by atoms with van der Waals surface area (Å²) < 4.78 is 11.7. The van der Waals surface area contributed by atoms with Crippen LogP contribution in [0.15, 0.2) is 30.3 Å². The minimum absolute atomic E-state index is 0.787. The van der Waals surface area contributed by atoms with E-state index >= 15 is 0 Å². The Labute approximate surface area is 148 Å². The number of unbranched alkanes of at least 4 members (excludes halogenated alkanes) is 3. The molecule has 23 heavy (non-hydrogen) atoms. The topological polar surface area (TPSA) is 18.5 Å². The average molecular weight is 379 g/mol. The summed E-state index contributed by atoms with van der Waals surface area (Å²) in [5.74, 6) is 1.95. The zero-order chi connectivity index (χ0) is 16.5. The molecule has 2 rings (SSSR count). The molecule has 2 aromatic carbocycles. The first kappa shape index (κ1) is 18.1. The van der Waals surface area contributed by atoms with Gasteiger partial charge in [0.1, 0.15) is 11.5 Å². The van der Waals surface area contributed by atoms with Crippen LogP contribution in [0.1, 0.15) is 44.6 Å². The Kier molecular flexibility index (Phi) is 7.73. The Bertz CT molecular complexity index is 610. The molecule has 0 radical (unpaired) electrons. The number of benzene rings is 2. The van der Waals surface area contributed by atoms with Crippen LogP contribution in [0.4, 0.5) is 0 Å². The molecule has 0 spiro atoms. The number of hydrogen-bond donors (Lipinski definition) is 0. The smallest absolute Gasteiger partial charge is 0.122 e. The van der Waals surface area contributed by atoms with Gasteiger partial charge in [-0.1, -0.05) is 41.4 Å². The number of rotatable bonds is 10. The Hall–Kier alpha value is -1.22. The van der Waals surface area contributed by atoms with Crippen LogP contribution < -0.4 is 9.47 Å². The molecular formula is C20H27BrO2. The SMILES string of the molecule is CCCCOc1ccc2cc(OCCCCCBr)ccc2c1C. The third kappa shape index (κ3) is 5.42. The molecule has 2 nitrogen and oxygen atoms in total. The van der Waals surface area contributed by atoms with Crippen LogP contribution in [0.3, 0.4) is 0 Å². The number of aryl methyl sites for hydroxylation is 1. The Morgan fingerprint density at radius 3 is 2.52 bits per heavy atom. The fourth-order valence-corrected chi connectivity index (χ4v) is 2.98. The number of alkyl halides is 1. The highest BCUT2D eigenvalue weighted by Gasteiger charge is 2.06. The van der Waals surface area contributed by atoms with Gasteiger partial charge in [0, 0.05) is 5.33 Å². The lowest BCUT2D eigenvalue weighted by Gasteiger charge is -2.12. The third-order valence-corrected chi connectivity index (χ3v) is 4.57. The lowest BCUT2D eigenvalue weighted by atomic mass is 10.0. The van der Waals surface area contributed by atoms with Gasteiger partial charge >= 0.3 is 0 Å². The van der Waals surface area contributed by atoms with E-state index in [1.165, 1.54) is 29.2 Å². The van der Waals surface area contributed by atoms with Gasteiger partial charge in [0.05, 0.1) is 13.2 Å². The first-order valence-corrected chi connectivity index (χ1v) is 9.73. The summed E-state index contributed by atoms with van der Waals surface area (Å²) in [5.41, 5.74) is 1.21. The molecule has 0 unspecified atom stereocenters. The molecule has 0 amide bonds. The van der Waals surface area contributed by atoms with E-state index in [0.29, 0.717) is 0 Å². The van der Waals surface area contributed by atoms with Crippen LogP contribution in [0.25, 0.3) is 10.8 Å². The van der Waals surface area contributed by atoms with Crippen molar-refractivity contribution in [1.29, 1.82) is 0 Å². The highest BCUT2D eigenvalue weighted by molar-refractivity contribution is 9.09. The maximum Gasteiger partial charge on any atom is 0.122 e. The van der Waals surface area contributed by atoms with Gasteiger partial charge in [-0.25, -0.2) is 0 Å². The van der Waals surface area contributed by atoms with Crippen molar-refractivity contribution in [2.24, 2.45) is 0 Å². The first-order chi connectivity index (χ1) is 11.3. The Morgan fingerprint density at radius 1 is 0.913 bits per heavy atom. The van der Waals surface area contributed by atoms with E-state index in [4.69, 9.17) is 9.47 Å². The molecular weight excluding hydrogens is 352 g/mol. The zero-order valence-electron chi connectivity index (χ0n) is 14.2. The van der Waals surface area contributed by atoms with E-state index in [2.05, 4.69) is 60.1 Å². The predicted molar refractivity (Wildman–Crippen MR) is 102 cm³/mol. The van der Waals surface area contributed by atoms with Gasteiger partial charge in [0.25, 0.3) is 0 Å². The Morgan fingerprint density at radius 2 is 1.74 bits per heavy atom. The van der Waals surface area contributed by atoms with Crippen LogP contribution in [0, 0.1) is 6.92 Å². The van der Waals surface area contributed by atoms with Crippen LogP contribution in [-0.2, 0) is 0 Å². The minimum Gasteiger partial charge on any atom is -0.494 e. The molecule has 0 aliphatic heterocycles. The first-order valence-electron chi connectivity index (χ1n) is 8.61. The summed E-state index contributed by atoms with van der Waals surface area (Å²) in [4.78, 5) is 0. The molecule has 0 N–H and O–H groups in total. The number of fused-ring (bicyclic) bond motifs is 1. The van der Waals surface area contributed by atoms with Crippen LogP contribution in [-0.4, -0.2) is 18.5 Å². The van der Waals surface area contributed by atoms with Crippen LogP contribution in [0.5, 0.6) is 11.5 Å². The van der Waals surface area contributed by atoms with E-state index < -0.39 is 0 Å². The van der Waals surface area contributed by atoms with Crippen molar-refractivity contribution in [2.45, 2.75) is 46.0 Å². The lowest BCUT2D eigenvalue weighted by molar-refractivity contribution is 0.306. The average Bonchev–Trinajstić information content (AvgIpc) is 2.57. The van der Waals surface area contributed by atoms with Crippen molar-refractivity contribution in [3.8, 4) is 11.5 Å². The molecule has 0 saturated heterocycles. The monoisotopic (exact) mass is 378 g/mol. The normalized spacial score (nSPS) is 10.9. The largest absolute Gasteiger partial charge is 0.494 e. The summed E-state index contributed by atoms with van der Waals surface area (Å²) in [6.45, 7) is 5.89. The summed E-state index contributed by atoms with van der Waals surface area (Å²) in [7, 11) is 0. The highest BCUT2D eigenvalue weighted by atomic mass is 79.9. The van der Waals surface area contributed by atoms with E-state index in [0.717, 1.165) is 49.3 Å². The second-order valence-electron chi connectivity index (χ2n) is 5.87. The van der Waals surface area contributed by atoms with Crippen molar-refractivity contribution < 1.29 is 9.47 Å². The minimum atomic E-state index is 0.787. The van der Waals surface area contributed by atoms with Crippen molar-refractivity contribution in [2.75, 3.05) is 18.5 Å². The molecule has 0 bridgehead atoms. The molecule has 0 atom stereocenters. The third-order valence-electron chi connectivity index (χ3n) is 4.01. The maximum atomic E-state index is 5.88. The fraction of sp³-hybridized carbons (Fsp3) is 0.500. The molecule has 0 aliphatic carbocycles. The van der Waals surface area contributed by atoms with Gasteiger partial charge in [-0.2, -0.15) is 0 Å². The van der Waals surface area contributed by atoms with Gasteiger partial charge in [-0.15, -0.1) is 0 Å². The predicted octanol–water partition coefficient (Wildman–Crippen LogP) is 6.27. The van der Waals surface area contributed by atoms with E-state index in [1.807, 2.05) is 0 Å². The lowest BCUT2D eigenvalue weighted by Crippen LogP contribution is -1.99. The van der Waals surface area contributed by atoms with Crippen molar-refractivity contribution >= 4 is 26.7 Å². The second-order valence-corrected chi connectivity index (χ2v) is 6.66. The molecule has 0 aliphatic rings. The van der Waals surface area contributed by atoms with Gasteiger partial charge in [0.15, 0.2) is 0 Å². The number of ether oxygens (including phenoxy) is 2.